The summed E-state index contributed by atoms with van der Waals surface area (Å²) in [6, 6.07) is 0.273. The molecule has 19 heavy (non-hydrogen) atoms. The van der Waals surface area contributed by atoms with E-state index in [9.17, 15) is 4.79 Å². The fraction of sp³-hybridized carbons (Fsp3) is 0.933. The minimum absolute atomic E-state index is 0.107. The quantitative estimate of drug-likeness (QED) is 0.821. The largest absolute Gasteiger partial charge is 0.375 e. The van der Waals surface area contributed by atoms with Crippen LogP contribution in [0, 0.1) is 5.41 Å². The lowest BCUT2D eigenvalue weighted by molar-refractivity contribution is -0.135. The number of ether oxygens (including phenoxy) is 1. The van der Waals surface area contributed by atoms with Crippen molar-refractivity contribution in [2.75, 3.05) is 19.7 Å². The van der Waals surface area contributed by atoms with Crippen molar-refractivity contribution in [1.29, 1.82) is 0 Å². The highest BCUT2D eigenvalue weighted by Crippen LogP contribution is 2.33. The number of hydrogen-bond donors (Lipinski definition) is 2. The van der Waals surface area contributed by atoms with E-state index in [-0.39, 0.29) is 23.0 Å². The fourth-order valence-electron chi connectivity index (χ4n) is 3.34. The van der Waals surface area contributed by atoms with Crippen LogP contribution in [-0.2, 0) is 9.53 Å². The Morgan fingerprint density at radius 2 is 2.05 bits per heavy atom. The molecule has 0 bridgehead atoms. The van der Waals surface area contributed by atoms with Crippen molar-refractivity contribution in [1.82, 2.24) is 10.6 Å². The van der Waals surface area contributed by atoms with Crippen molar-refractivity contribution in [3.8, 4) is 0 Å². The molecule has 2 N–H and O–H groups in total. The molecule has 2 rings (SSSR count). The molecule has 2 saturated heterocycles. The topological polar surface area (TPSA) is 50.4 Å². The summed E-state index contributed by atoms with van der Waals surface area (Å²) in [6.45, 7) is 9.01. The van der Waals surface area contributed by atoms with Crippen LogP contribution in [0.25, 0.3) is 0 Å². The van der Waals surface area contributed by atoms with Crippen LogP contribution in [0.2, 0.25) is 0 Å². The van der Waals surface area contributed by atoms with E-state index in [1.807, 2.05) is 0 Å². The molecular formula is C15H28N2O2. The van der Waals surface area contributed by atoms with Gasteiger partial charge in [0.15, 0.2) is 0 Å². The molecule has 1 unspecified atom stereocenters. The Kier molecular flexibility index (Phi) is 4.51. The molecule has 2 fully saturated rings. The lowest BCUT2D eigenvalue weighted by Gasteiger charge is -2.40. The van der Waals surface area contributed by atoms with Crippen molar-refractivity contribution >= 4 is 5.91 Å². The first-order chi connectivity index (χ1) is 8.97. The van der Waals surface area contributed by atoms with Gasteiger partial charge in [-0.2, -0.15) is 0 Å². The van der Waals surface area contributed by atoms with Crippen LogP contribution in [0.4, 0.5) is 0 Å². The van der Waals surface area contributed by atoms with E-state index in [4.69, 9.17) is 4.74 Å². The van der Waals surface area contributed by atoms with Crippen molar-refractivity contribution in [3.05, 3.63) is 0 Å². The number of nitrogens with one attached hydrogen (secondary N) is 2. The molecule has 2 aliphatic rings. The molecule has 1 atom stereocenters. The molecule has 4 heteroatoms. The van der Waals surface area contributed by atoms with E-state index in [1.54, 1.807) is 0 Å². The van der Waals surface area contributed by atoms with Gasteiger partial charge in [0.1, 0.15) is 0 Å². The monoisotopic (exact) mass is 268 g/mol. The van der Waals surface area contributed by atoms with Gasteiger partial charge in [-0.15, -0.1) is 0 Å². The molecule has 0 radical (unpaired) electrons. The summed E-state index contributed by atoms with van der Waals surface area (Å²) >= 11 is 0. The first-order valence-corrected chi connectivity index (χ1v) is 7.63. The summed E-state index contributed by atoms with van der Waals surface area (Å²) in [5.74, 6) is 0.263. The minimum atomic E-state index is -0.145. The van der Waals surface area contributed by atoms with Gasteiger partial charge in [-0.05, 0) is 59.0 Å². The van der Waals surface area contributed by atoms with Crippen LogP contribution in [0.3, 0.4) is 0 Å². The smallest absolute Gasteiger partial charge is 0.226 e. The molecule has 0 spiro atoms. The molecule has 2 heterocycles. The van der Waals surface area contributed by atoms with Gasteiger partial charge in [-0.25, -0.2) is 0 Å². The Balaban J connectivity index is 1.95. The first kappa shape index (κ1) is 14.8. The van der Waals surface area contributed by atoms with Crippen LogP contribution < -0.4 is 10.6 Å². The third-order valence-electron chi connectivity index (χ3n) is 4.75. The SMILES string of the molecule is CCC1(C(=O)NC2CCOC(C)(C)C2)CCNCC1. The fourth-order valence-corrected chi connectivity index (χ4v) is 3.34. The van der Waals surface area contributed by atoms with Crippen molar-refractivity contribution in [2.24, 2.45) is 5.41 Å². The number of rotatable bonds is 3. The van der Waals surface area contributed by atoms with Crippen LogP contribution >= 0.6 is 0 Å². The molecule has 110 valence electrons. The second-order valence-electron chi connectivity index (χ2n) is 6.66. The highest BCUT2D eigenvalue weighted by atomic mass is 16.5. The van der Waals surface area contributed by atoms with Gasteiger partial charge < -0.3 is 15.4 Å². The summed E-state index contributed by atoms with van der Waals surface area (Å²) in [5, 5.41) is 6.63. The molecule has 0 aromatic heterocycles. The Bertz CT molecular complexity index is 322. The minimum Gasteiger partial charge on any atom is -0.375 e. The Labute approximate surface area is 116 Å². The molecule has 0 saturated carbocycles. The maximum absolute atomic E-state index is 12.7. The van der Waals surface area contributed by atoms with Gasteiger partial charge in [-0.1, -0.05) is 6.92 Å². The van der Waals surface area contributed by atoms with Crippen LogP contribution in [0.1, 0.15) is 52.9 Å². The van der Waals surface area contributed by atoms with Gasteiger partial charge in [0.2, 0.25) is 5.91 Å². The molecule has 0 aliphatic carbocycles. The number of carbonyl (C=O) groups excluding carboxylic acids is 1. The highest BCUT2D eigenvalue weighted by molar-refractivity contribution is 5.83. The zero-order valence-corrected chi connectivity index (χ0v) is 12.6. The van der Waals surface area contributed by atoms with E-state index >= 15 is 0 Å². The average molecular weight is 268 g/mol. The summed E-state index contributed by atoms with van der Waals surface area (Å²) < 4.78 is 5.71. The van der Waals surface area contributed by atoms with Crippen LogP contribution in [-0.4, -0.2) is 37.2 Å². The molecule has 2 aliphatic heterocycles. The van der Waals surface area contributed by atoms with Gasteiger partial charge in [0.05, 0.1) is 11.0 Å². The van der Waals surface area contributed by atoms with E-state index in [1.165, 1.54) is 0 Å². The van der Waals surface area contributed by atoms with E-state index in [0.717, 1.165) is 51.8 Å². The summed E-state index contributed by atoms with van der Waals surface area (Å²) in [4.78, 5) is 12.7. The molecule has 1 amide bonds. The predicted octanol–water partition coefficient (Wildman–Crippen LogP) is 1.84. The highest BCUT2D eigenvalue weighted by Gasteiger charge is 2.39. The van der Waals surface area contributed by atoms with Gasteiger partial charge >= 0.3 is 0 Å². The normalized spacial score (nSPS) is 29.7. The number of hydrogen-bond acceptors (Lipinski definition) is 3. The van der Waals surface area contributed by atoms with Crippen LogP contribution in [0.5, 0.6) is 0 Å². The molecule has 0 aromatic carbocycles. The standard InChI is InChI=1S/C15H28N2O2/c1-4-15(6-8-16-9-7-15)13(18)17-12-5-10-19-14(2,3)11-12/h12,16H,4-11H2,1-3H3,(H,17,18). The van der Waals surface area contributed by atoms with Crippen molar-refractivity contribution in [3.63, 3.8) is 0 Å². The zero-order valence-electron chi connectivity index (χ0n) is 12.6. The summed E-state index contributed by atoms with van der Waals surface area (Å²) in [5.41, 5.74) is -0.253. The van der Waals surface area contributed by atoms with E-state index in [0.29, 0.717) is 0 Å². The maximum atomic E-state index is 12.7. The van der Waals surface area contributed by atoms with E-state index < -0.39 is 0 Å². The number of amides is 1. The first-order valence-electron chi connectivity index (χ1n) is 7.63. The van der Waals surface area contributed by atoms with Gasteiger partial charge in [0, 0.05) is 12.6 Å². The molecule has 4 nitrogen and oxygen atoms in total. The summed E-state index contributed by atoms with van der Waals surface area (Å²) in [6.07, 6.45) is 4.71. The average Bonchev–Trinajstić information content (AvgIpc) is 2.38. The summed E-state index contributed by atoms with van der Waals surface area (Å²) in [7, 11) is 0. The Morgan fingerprint density at radius 1 is 1.37 bits per heavy atom. The Hall–Kier alpha value is -0.610. The van der Waals surface area contributed by atoms with Gasteiger partial charge in [-0.3, -0.25) is 4.79 Å². The van der Waals surface area contributed by atoms with Crippen molar-refractivity contribution in [2.45, 2.75) is 64.5 Å². The second-order valence-corrected chi connectivity index (χ2v) is 6.66. The third kappa shape index (κ3) is 3.48. The lowest BCUT2D eigenvalue weighted by atomic mass is 9.75. The lowest BCUT2D eigenvalue weighted by Crippen LogP contribution is -2.53. The second kappa shape index (κ2) is 5.80. The molecular weight excluding hydrogens is 240 g/mol. The predicted molar refractivity (Wildman–Crippen MR) is 76.0 cm³/mol. The Morgan fingerprint density at radius 3 is 2.63 bits per heavy atom. The maximum Gasteiger partial charge on any atom is 0.226 e. The number of piperidine rings is 1. The van der Waals surface area contributed by atoms with Crippen molar-refractivity contribution < 1.29 is 9.53 Å². The third-order valence-corrected chi connectivity index (χ3v) is 4.75. The number of carbonyl (C=O) groups is 1. The van der Waals surface area contributed by atoms with Gasteiger partial charge in [0.25, 0.3) is 0 Å². The van der Waals surface area contributed by atoms with E-state index in [2.05, 4.69) is 31.4 Å². The van der Waals surface area contributed by atoms with Crippen LogP contribution in [0.15, 0.2) is 0 Å². The molecule has 0 aromatic rings. The zero-order chi connectivity index (χ0) is 13.9.